The van der Waals surface area contributed by atoms with Crippen LogP contribution in [0.4, 0.5) is 10.1 Å². The van der Waals surface area contributed by atoms with Crippen LogP contribution in [0.1, 0.15) is 5.89 Å². The first kappa shape index (κ1) is 23.7. The standard InChI is InChI=1S/C26H20FN5O5/c1-36-17-12-10-16(11-13-17)24-29-23(37-30-24)15-32-25(34)18-6-2-5-9-21(18)31(26(32)35)14-22(33)28-20-8-4-3-7-19(20)27/h2-13H,14-15H2,1H3,(H,28,33). The second-order valence-electron chi connectivity index (χ2n) is 8.05. The summed E-state index contributed by atoms with van der Waals surface area (Å²) in [6.45, 7) is -0.754. The Labute approximate surface area is 208 Å². The smallest absolute Gasteiger partial charge is 0.332 e. The highest BCUT2D eigenvalue weighted by Crippen LogP contribution is 2.20. The minimum Gasteiger partial charge on any atom is -0.497 e. The molecule has 2 heterocycles. The predicted octanol–water partition coefficient (Wildman–Crippen LogP) is 3.05. The van der Waals surface area contributed by atoms with Gasteiger partial charge < -0.3 is 14.6 Å². The molecule has 2 aromatic heterocycles. The zero-order valence-electron chi connectivity index (χ0n) is 19.6. The van der Waals surface area contributed by atoms with Gasteiger partial charge in [-0.1, -0.05) is 29.4 Å². The summed E-state index contributed by atoms with van der Waals surface area (Å²) in [4.78, 5) is 43.6. The Kier molecular flexibility index (Phi) is 6.33. The Balaban J connectivity index is 1.49. The van der Waals surface area contributed by atoms with E-state index in [1.165, 1.54) is 18.2 Å². The molecule has 10 nitrogen and oxygen atoms in total. The van der Waals surface area contributed by atoms with E-state index >= 15 is 0 Å². The van der Waals surface area contributed by atoms with Gasteiger partial charge in [-0.05, 0) is 48.5 Å². The van der Waals surface area contributed by atoms with Crippen LogP contribution >= 0.6 is 0 Å². The van der Waals surface area contributed by atoms with Crippen LogP contribution in [0.15, 0.2) is 86.9 Å². The molecule has 1 N–H and O–H groups in total. The van der Waals surface area contributed by atoms with Crippen LogP contribution in [-0.2, 0) is 17.9 Å². The van der Waals surface area contributed by atoms with Crippen LogP contribution in [0.3, 0.4) is 0 Å². The molecule has 11 heteroatoms. The first-order valence-electron chi connectivity index (χ1n) is 11.2. The topological polar surface area (TPSA) is 121 Å². The van der Waals surface area contributed by atoms with Gasteiger partial charge in [0.05, 0.1) is 23.7 Å². The molecule has 5 rings (SSSR count). The van der Waals surface area contributed by atoms with E-state index in [0.29, 0.717) is 11.3 Å². The van der Waals surface area contributed by atoms with Crippen LogP contribution in [0.5, 0.6) is 5.75 Å². The molecule has 186 valence electrons. The fourth-order valence-electron chi connectivity index (χ4n) is 3.87. The maximum atomic E-state index is 14.0. The monoisotopic (exact) mass is 501 g/mol. The highest BCUT2D eigenvalue weighted by molar-refractivity contribution is 5.91. The average molecular weight is 501 g/mol. The summed E-state index contributed by atoms with van der Waals surface area (Å²) in [5.74, 6) is -0.280. The number of nitrogens with one attached hydrogen (secondary N) is 1. The molecule has 0 atom stereocenters. The molecule has 5 aromatic rings. The third-order valence-electron chi connectivity index (χ3n) is 5.69. The van der Waals surface area contributed by atoms with Gasteiger partial charge in [0, 0.05) is 5.56 Å². The molecule has 0 aliphatic rings. The number of ether oxygens (including phenoxy) is 1. The summed E-state index contributed by atoms with van der Waals surface area (Å²) >= 11 is 0. The Bertz CT molecular complexity index is 1720. The number of hydrogen-bond acceptors (Lipinski definition) is 7. The highest BCUT2D eigenvalue weighted by atomic mass is 19.1. The Morgan fingerprint density at radius 1 is 1.00 bits per heavy atom. The van der Waals surface area contributed by atoms with E-state index in [2.05, 4.69) is 15.5 Å². The zero-order valence-corrected chi connectivity index (χ0v) is 19.6. The Morgan fingerprint density at radius 2 is 1.73 bits per heavy atom. The molecular weight excluding hydrogens is 481 g/mol. The largest absolute Gasteiger partial charge is 0.497 e. The average Bonchev–Trinajstić information content (AvgIpc) is 3.39. The number of hydrogen-bond donors (Lipinski definition) is 1. The third kappa shape index (κ3) is 4.74. The number of halogens is 1. The molecular formula is C26H20FN5O5. The van der Waals surface area contributed by atoms with Crippen molar-refractivity contribution in [3.63, 3.8) is 0 Å². The number of rotatable bonds is 7. The van der Waals surface area contributed by atoms with Gasteiger partial charge in [0.25, 0.3) is 5.56 Å². The quantitative estimate of drug-likeness (QED) is 0.364. The number of carbonyl (C=O) groups excluding carboxylic acids is 1. The zero-order chi connectivity index (χ0) is 25.9. The molecule has 0 spiro atoms. The van der Waals surface area contributed by atoms with E-state index in [-0.39, 0.29) is 34.9 Å². The summed E-state index contributed by atoms with van der Waals surface area (Å²) < 4.78 is 26.5. The van der Waals surface area contributed by atoms with E-state index in [0.717, 1.165) is 9.13 Å². The van der Waals surface area contributed by atoms with E-state index in [1.54, 1.807) is 61.7 Å². The van der Waals surface area contributed by atoms with Crippen LogP contribution < -0.4 is 21.3 Å². The lowest BCUT2D eigenvalue weighted by molar-refractivity contribution is -0.116. The molecule has 0 aliphatic carbocycles. The molecule has 0 fully saturated rings. The van der Waals surface area contributed by atoms with E-state index in [4.69, 9.17) is 9.26 Å². The van der Waals surface area contributed by atoms with Gasteiger partial charge in [-0.2, -0.15) is 4.98 Å². The summed E-state index contributed by atoms with van der Waals surface area (Å²) in [6, 6.07) is 19.1. The van der Waals surface area contributed by atoms with Crippen molar-refractivity contribution in [3.8, 4) is 17.1 Å². The molecule has 0 aliphatic heterocycles. The fraction of sp³-hybridized carbons (Fsp3) is 0.115. The van der Waals surface area contributed by atoms with Gasteiger partial charge in [0.2, 0.25) is 17.6 Å². The first-order chi connectivity index (χ1) is 17.9. The molecule has 1 amide bonds. The number of para-hydroxylation sites is 2. The summed E-state index contributed by atoms with van der Waals surface area (Å²) in [5, 5.41) is 6.61. The molecule has 0 unspecified atom stereocenters. The van der Waals surface area contributed by atoms with Crippen molar-refractivity contribution in [2.75, 3.05) is 12.4 Å². The number of nitrogens with zero attached hydrogens (tertiary/aromatic N) is 4. The predicted molar refractivity (Wildman–Crippen MR) is 133 cm³/mol. The number of methoxy groups -OCH3 is 1. The number of fused-ring (bicyclic) bond motifs is 1. The van der Waals surface area contributed by atoms with Crippen molar-refractivity contribution in [2.45, 2.75) is 13.1 Å². The van der Waals surface area contributed by atoms with E-state index in [1.807, 2.05) is 0 Å². The first-order valence-corrected chi connectivity index (χ1v) is 11.2. The number of anilines is 1. The maximum Gasteiger partial charge on any atom is 0.332 e. The van der Waals surface area contributed by atoms with E-state index < -0.39 is 29.5 Å². The Hall–Kier alpha value is -5.06. The Morgan fingerprint density at radius 3 is 2.49 bits per heavy atom. The molecule has 3 aromatic carbocycles. The minimum absolute atomic E-state index is 0.0184. The molecule has 0 radical (unpaired) electrons. The lowest BCUT2D eigenvalue weighted by atomic mass is 10.2. The van der Waals surface area contributed by atoms with Crippen LogP contribution in [0.25, 0.3) is 22.3 Å². The third-order valence-corrected chi connectivity index (χ3v) is 5.69. The molecule has 0 saturated carbocycles. The van der Waals surface area contributed by atoms with Crippen molar-refractivity contribution in [3.05, 3.63) is 105 Å². The minimum atomic E-state index is -0.753. The fourth-order valence-corrected chi connectivity index (χ4v) is 3.87. The summed E-state index contributed by atoms with van der Waals surface area (Å²) in [5.41, 5.74) is -0.423. The molecule has 37 heavy (non-hydrogen) atoms. The van der Waals surface area contributed by atoms with Gasteiger partial charge in [0.15, 0.2) is 0 Å². The lowest BCUT2D eigenvalue weighted by Crippen LogP contribution is -2.42. The van der Waals surface area contributed by atoms with Crippen molar-refractivity contribution in [1.29, 1.82) is 0 Å². The lowest BCUT2D eigenvalue weighted by Gasteiger charge is -2.13. The maximum absolute atomic E-state index is 14.0. The van der Waals surface area contributed by atoms with Gasteiger partial charge >= 0.3 is 5.69 Å². The van der Waals surface area contributed by atoms with Crippen LogP contribution in [-0.4, -0.2) is 32.3 Å². The normalized spacial score (nSPS) is 11.0. The number of amides is 1. The molecule has 0 saturated heterocycles. The van der Waals surface area contributed by atoms with Crippen LogP contribution in [0, 0.1) is 5.82 Å². The van der Waals surface area contributed by atoms with Crippen molar-refractivity contribution < 1.29 is 18.4 Å². The second kappa shape index (κ2) is 9.90. The SMILES string of the molecule is COc1ccc(-c2noc(Cn3c(=O)c4ccccc4n(CC(=O)Nc4ccccc4F)c3=O)n2)cc1. The number of aromatic nitrogens is 4. The van der Waals surface area contributed by atoms with Crippen LogP contribution in [0.2, 0.25) is 0 Å². The number of benzene rings is 3. The van der Waals surface area contributed by atoms with Crippen molar-refractivity contribution in [2.24, 2.45) is 0 Å². The van der Waals surface area contributed by atoms with Gasteiger partial charge in [0.1, 0.15) is 24.7 Å². The van der Waals surface area contributed by atoms with Gasteiger partial charge in [-0.25, -0.2) is 9.18 Å². The van der Waals surface area contributed by atoms with Gasteiger partial charge in [-0.3, -0.25) is 18.7 Å². The van der Waals surface area contributed by atoms with Crippen molar-refractivity contribution in [1.82, 2.24) is 19.3 Å². The summed E-state index contributed by atoms with van der Waals surface area (Å²) in [7, 11) is 1.55. The van der Waals surface area contributed by atoms with Crippen molar-refractivity contribution >= 4 is 22.5 Å². The summed E-state index contributed by atoms with van der Waals surface area (Å²) in [6.07, 6.45) is 0. The highest BCUT2D eigenvalue weighted by Gasteiger charge is 2.18. The number of carbonyl (C=O) groups is 1. The second-order valence-corrected chi connectivity index (χ2v) is 8.05. The molecule has 0 bridgehead atoms. The van der Waals surface area contributed by atoms with E-state index in [9.17, 15) is 18.8 Å². The van der Waals surface area contributed by atoms with Gasteiger partial charge in [-0.15, -0.1) is 0 Å².